The summed E-state index contributed by atoms with van der Waals surface area (Å²) in [5.41, 5.74) is 0. The number of hydrogen-bond donors (Lipinski definition) is 0. The molecule has 0 aliphatic rings. The molecule has 79 heavy (non-hydrogen) atoms. The van der Waals surface area contributed by atoms with Crippen molar-refractivity contribution in [3.05, 3.63) is 146 Å². The van der Waals surface area contributed by atoms with Crippen LogP contribution in [0.1, 0.15) is 278 Å². The summed E-state index contributed by atoms with van der Waals surface area (Å²) in [6.45, 7) is 6.37. The molecule has 0 aromatic carbocycles. The molecule has 0 radical (unpaired) electrons. The molecule has 0 bridgehead atoms. The topological polar surface area (TPSA) is 78.9 Å². The van der Waals surface area contributed by atoms with Crippen LogP contribution in [0.2, 0.25) is 0 Å². The highest BCUT2D eigenvalue weighted by atomic mass is 16.6. The lowest BCUT2D eigenvalue weighted by Gasteiger charge is -2.18. The fourth-order valence-electron chi connectivity index (χ4n) is 8.57. The van der Waals surface area contributed by atoms with Crippen molar-refractivity contribution in [3.8, 4) is 0 Å². The van der Waals surface area contributed by atoms with Gasteiger partial charge in [-0.3, -0.25) is 14.4 Å². The van der Waals surface area contributed by atoms with Crippen molar-refractivity contribution in [2.45, 2.75) is 284 Å². The van der Waals surface area contributed by atoms with E-state index >= 15 is 0 Å². The van der Waals surface area contributed by atoms with E-state index in [0.29, 0.717) is 12.8 Å². The van der Waals surface area contributed by atoms with Gasteiger partial charge in [-0.05, 0) is 122 Å². The van der Waals surface area contributed by atoms with Gasteiger partial charge in [0.2, 0.25) is 0 Å². The fraction of sp³-hybridized carbons (Fsp3) is 0.630. The Morgan fingerprint density at radius 2 is 0.494 bits per heavy atom. The molecule has 0 fully saturated rings. The van der Waals surface area contributed by atoms with Gasteiger partial charge < -0.3 is 14.2 Å². The number of unbranched alkanes of at least 4 members (excludes halogenated alkanes) is 22. The second-order valence-corrected chi connectivity index (χ2v) is 20.9. The van der Waals surface area contributed by atoms with Gasteiger partial charge in [-0.2, -0.15) is 0 Å². The molecular formula is C73H118O6. The Morgan fingerprint density at radius 3 is 0.785 bits per heavy atom. The highest BCUT2D eigenvalue weighted by Gasteiger charge is 2.19. The fourth-order valence-corrected chi connectivity index (χ4v) is 8.57. The van der Waals surface area contributed by atoms with Crippen LogP contribution in [0, 0.1) is 0 Å². The van der Waals surface area contributed by atoms with E-state index in [-0.39, 0.29) is 37.5 Å². The lowest BCUT2D eigenvalue weighted by Crippen LogP contribution is -2.30. The third-order valence-corrected chi connectivity index (χ3v) is 13.3. The van der Waals surface area contributed by atoms with E-state index in [0.717, 1.165) is 141 Å². The van der Waals surface area contributed by atoms with Gasteiger partial charge in [0.15, 0.2) is 6.10 Å². The minimum absolute atomic E-state index is 0.0953. The first-order valence-corrected chi connectivity index (χ1v) is 32.3. The summed E-state index contributed by atoms with van der Waals surface area (Å²) in [6, 6.07) is 0. The smallest absolute Gasteiger partial charge is 0.306 e. The quantitative estimate of drug-likeness (QED) is 0.0261. The number of rotatable bonds is 57. The van der Waals surface area contributed by atoms with Crippen molar-refractivity contribution in [1.82, 2.24) is 0 Å². The monoisotopic (exact) mass is 1090 g/mol. The minimum Gasteiger partial charge on any atom is -0.462 e. The molecular weight excluding hydrogens is 973 g/mol. The summed E-state index contributed by atoms with van der Waals surface area (Å²) in [7, 11) is 0. The number of carbonyl (C=O) groups is 3. The highest BCUT2D eigenvalue weighted by molar-refractivity contribution is 5.71. The normalized spacial score (nSPS) is 13.1. The van der Waals surface area contributed by atoms with Crippen LogP contribution < -0.4 is 0 Å². The van der Waals surface area contributed by atoms with Crippen LogP contribution in [-0.2, 0) is 28.6 Å². The molecule has 0 aliphatic heterocycles. The van der Waals surface area contributed by atoms with Crippen LogP contribution in [0.25, 0.3) is 0 Å². The van der Waals surface area contributed by atoms with Crippen molar-refractivity contribution in [2.75, 3.05) is 13.2 Å². The molecule has 0 aromatic heterocycles. The summed E-state index contributed by atoms with van der Waals surface area (Å²) in [6.07, 6.45) is 94.3. The van der Waals surface area contributed by atoms with E-state index < -0.39 is 6.10 Å². The Hall–Kier alpha value is -4.71. The van der Waals surface area contributed by atoms with Gasteiger partial charge >= 0.3 is 17.9 Å². The van der Waals surface area contributed by atoms with Crippen LogP contribution in [-0.4, -0.2) is 37.2 Å². The average Bonchev–Trinajstić information content (AvgIpc) is 3.45. The number of esters is 3. The van der Waals surface area contributed by atoms with Gasteiger partial charge in [0.25, 0.3) is 0 Å². The van der Waals surface area contributed by atoms with Crippen LogP contribution in [0.5, 0.6) is 0 Å². The van der Waals surface area contributed by atoms with Crippen LogP contribution in [0.15, 0.2) is 146 Å². The van der Waals surface area contributed by atoms with E-state index in [9.17, 15) is 14.4 Å². The predicted molar refractivity (Wildman–Crippen MR) is 343 cm³/mol. The third kappa shape index (κ3) is 64.0. The molecule has 0 aliphatic carbocycles. The molecule has 1 unspecified atom stereocenters. The third-order valence-electron chi connectivity index (χ3n) is 13.3. The molecule has 0 amide bonds. The Labute approximate surface area is 487 Å². The molecule has 6 heteroatoms. The Kier molecular flexibility index (Phi) is 61.9. The van der Waals surface area contributed by atoms with Crippen molar-refractivity contribution in [2.24, 2.45) is 0 Å². The zero-order valence-electron chi connectivity index (χ0n) is 51.1. The minimum atomic E-state index is -0.802. The molecule has 0 N–H and O–H groups in total. The number of hydrogen-bond acceptors (Lipinski definition) is 6. The van der Waals surface area contributed by atoms with Gasteiger partial charge in [-0.25, -0.2) is 0 Å². The van der Waals surface area contributed by atoms with E-state index in [1.54, 1.807) is 0 Å². The molecule has 0 spiro atoms. The maximum absolute atomic E-state index is 12.9. The first kappa shape index (κ1) is 74.3. The van der Waals surface area contributed by atoms with Crippen molar-refractivity contribution in [1.29, 1.82) is 0 Å². The van der Waals surface area contributed by atoms with Crippen molar-refractivity contribution < 1.29 is 28.6 Å². The molecule has 6 nitrogen and oxygen atoms in total. The van der Waals surface area contributed by atoms with Crippen LogP contribution >= 0.6 is 0 Å². The summed E-state index contributed by atoms with van der Waals surface area (Å²) >= 11 is 0. The Balaban J connectivity index is 4.31. The summed E-state index contributed by atoms with van der Waals surface area (Å²) < 4.78 is 16.9. The molecule has 0 saturated heterocycles. The molecule has 0 heterocycles. The predicted octanol–water partition coefficient (Wildman–Crippen LogP) is 22.3. The van der Waals surface area contributed by atoms with Crippen molar-refractivity contribution in [3.63, 3.8) is 0 Å². The summed E-state index contributed by atoms with van der Waals surface area (Å²) in [4.78, 5) is 38.2. The van der Waals surface area contributed by atoms with E-state index in [4.69, 9.17) is 14.2 Å². The van der Waals surface area contributed by atoms with Crippen LogP contribution in [0.4, 0.5) is 0 Å². The lowest BCUT2D eigenvalue weighted by molar-refractivity contribution is -0.167. The van der Waals surface area contributed by atoms with Gasteiger partial charge in [0.1, 0.15) is 13.2 Å². The molecule has 0 rings (SSSR count). The molecule has 0 aromatic rings. The summed E-state index contributed by atoms with van der Waals surface area (Å²) in [5, 5.41) is 0. The van der Waals surface area contributed by atoms with Gasteiger partial charge in [0.05, 0.1) is 0 Å². The highest BCUT2D eigenvalue weighted by Crippen LogP contribution is 2.15. The zero-order chi connectivity index (χ0) is 57.1. The zero-order valence-corrected chi connectivity index (χ0v) is 51.1. The van der Waals surface area contributed by atoms with E-state index in [2.05, 4.69) is 167 Å². The van der Waals surface area contributed by atoms with E-state index in [1.807, 2.05) is 0 Å². The Morgan fingerprint density at radius 1 is 0.266 bits per heavy atom. The molecule has 446 valence electrons. The number of carbonyl (C=O) groups excluding carboxylic acids is 3. The van der Waals surface area contributed by atoms with E-state index in [1.165, 1.54) is 96.3 Å². The SMILES string of the molecule is CC/C=C\C/C=C\C/C=C\C/C=C\C/C=C\C/C=C\C/C=C\CCCCCC(=O)OC(COC(=O)CCCCCCCCCCC)COC(=O)CCCCCCCCCCCCC/C=C\C/C=C\C/C=C\C/C=C\C/C=C\CC. The molecule has 1 atom stereocenters. The van der Waals surface area contributed by atoms with Gasteiger partial charge in [0, 0.05) is 19.3 Å². The first-order valence-electron chi connectivity index (χ1n) is 32.3. The second kappa shape index (κ2) is 65.8. The standard InChI is InChI=1S/C73H118O6/c1-4-7-10-13-16-19-21-23-25-27-29-31-33-35-36-38-39-41-43-45-47-49-51-54-57-60-63-66-72(75)78-69-70(68-77-71(74)65-62-59-56-53-18-15-12-9-6-3)79-73(76)67-64-61-58-55-52-50-48-46-44-42-40-37-34-32-30-28-26-24-22-20-17-14-11-8-5-2/h7-8,10-11,16-17,19-20,23-26,29-32,35-37,40,44,46,50,52,70H,4-6,9,12-15,18,21-22,27-28,33-34,38-39,41-43,45,47-49,51,53-69H2,1-3H3/b10-7-,11-8-,19-16-,20-17-,25-23-,26-24-,31-29-,32-30-,36-35-,40-37-,46-44-,52-50-. The van der Waals surface area contributed by atoms with Crippen LogP contribution in [0.3, 0.4) is 0 Å². The Bertz CT molecular complexity index is 1730. The maximum atomic E-state index is 12.9. The largest absolute Gasteiger partial charge is 0.462 e. The molecule has 0 saturated carbocycles. The second-order valence-electron chi connectivity index (χ2n) is 20.9. The van der Waals surface area contributed by atoms with Gasteiger partial charge in [-0.15, -0.1) is 0 Å². The van der Waals surface area contributed by atoms with Crippen molar-refractivity contribution >= 4 is 17.9 Å². The lowest BCUT2D eigenvalue weighted by atomic mass is 10.0. The van der Waals surface area contributed by atoms with Gasteiger partial charge in [-0.1, -0.05) is 282 Å². The number of ether oxygens (including phenoxy) is 3. The average molecular weight is 1090 g/mol. The first-order chi connectivity index (χ1) is 39.0. The number of allylic oxidation sites excluding steroid dienone is 24. The summed E-state index contributed by atoms with van der Waals surface area (Å²) in [5.74, 6) is -0.934. The maximum Gasteiger partial charge on any atom is 0.306 e.